The molecular weight excluding hydrogens is 248 g/mol. The third-order valence-corrected chi connectivity index (χ3v) is 3.11. The van der Waals surface area contributed by atoms with Crippen molar-refractivity contribution < 1.29 is 4.79 Å². The monoisotopic (exact) mass is 276 g/mol. The number of nitrogens with one attached hydrogen (secondary N) is 1. The average molecular weight is 276 g/mol. The van der Waals surface area contributed by atoms with E-state index in [2.05, 4.69) is 38.2 Å². The molecule has 3 nitrogen and oxygen atoms in total. The van der Waals surface area contributed by atoms with Crippen LogP contribution >= 0.6 is 0 Å². The number of amides is 1. The fourth-order valence-electron chi connectivity index (χ4n) is 2.45. The predicted molar refractivity (Wildman–Crippen MR) is 84.4 cm³/mol. The molecule has 1 amide bonds. The maximum atomic E-state index is 11.9. The van der Waals surface area contributed by atoms with Crippen LogP contribution in [0.2, 0.25) is 0 Å². The lowest BCUT2D eigenvalue weighted by Gasteiger charge is -2.23. The number of hydrogen-bond donors (Lipinski definition) is 2. The van der Waals surface area contributed by atoms with E-state index in [0.717, 1.165) is 12.8 Å². The van der Waals surface area contributed by atoms with Gasteiger partial charge in [-0.1, -0.05) is 51.1 Å². The molecule has 1 aromatic carbocycles. The molecule has 3 N–H and O–H groups in total. The molecule has 1 rings (SSSR count). The van der Waals surface area contributed by atoms with E-state index in [0.29, 0.717) is 6.42 Å². The van der Waals surface area contributed by atoms with Crippen molar-refractivity contribution in [1.29, 1.82) is 0 Å². The van der Waals surface area contributed by atoms with Crippen molar-refractivity contribution in [2.24, 2.45) is 11.1 Å². The molecule has 0 spiro atoms. The molecular formula is C17H28N2O. The van der Waals surface area contributed by atoms with Gasteiger partial charge in [0.1, 0.15) is 0 Å². The van der Waals surface area contributed by atoms with Crippen LogP contribution in [0.1, 0.15) is 46.1 Å². The SMILES string of the molecule is CC(Cc1ccccc1)NC(=O)CC(N)CC(C)(C)C. The smallest absolute Gasteiger partial charge is 0.221 e. The van der Waals surface area contributed by atoms with Crippen LogP contribution in [0.4, 0.5) is 0 Å². The summed E-state index contributed by atoms with van der Waals surface area (Å²) in [7, 11) is 0. The van der Waals surface area contributed by atoms with Crippen LogP contribution < -0.4 is 11.1 Å². The molecule has 2 unspecified atom stereocenters. The van der Waals surface area contributed by atoms with Crippen molar-refractivity contribution in [3.63, 3.8) is 0 Å². The van der Waals surface area contributed by atoms with E-state index >= 15 is 0 Å². The zero-order chi connectivity index (χ0) is 15.2. The number of nitrogens with two attached hydrogens (primary N) is 1. The van der Waals surface area contributed by atoms with E-state index in [1.165, 1.54) is 5.56 Å². The van der Waals surface area contributed by atoms with E-state index in [1.54, 1.807) is 0 Å². The summed E-state index contributed by atoms with van der Waals surface area (Å²) < 4.78 is 0. The first kappa shape index (κ1) is 16.7. The molecule has 1 aromatic rings. The van der Waals surface area contributed by atoms with Gasteiger partial charge in [-0.3, -0.25) is 4.79 Å². The zero-order valence-corrected chi connectivity index (χ0v) is 13.1. The molecule has 0 heterocycles. The number of carbonyl (C=O) groups is 1. The molecule has 0 radical (unpaired) electrons. The predicted octanol–water partition coefficient (Wildman–Crippen LogP) is 2.89. The minimum absolute atomic E-state index is 0.0465. The van der Waals surface area contributed by atoms with E-state index in [9.17, 15) is 4.79 Å². The minimum atomic E-state index is -0.0704. The Morgan fingerprint density at radius 2 is 1.85 bits per heavy atom. The Bertz CT molecular complexity index is 409. The van der Waals surface area contributed by atoms with Gasteiger partial charge in [0.25, 0.3) is 0 Å². The summed E-state index contributed by atoms with van der Waals surface area (Å²) in [5.41, 5.74) is 7.43. The van der Waals surface area contributed by atoms with Crippen LogP contribution in [0.15, 0.2) is 30.3 Å². The Morgan fingerprint density at radius 1 is 1.25 bits per heavy atom. The van der Waals surface area contributed by atoms with Crippen molar-refractivity contribution in [1.82, 2.24) is 5.32 Å². The first-order valence-corrected chi connectivity index (χ1v) is 7.35. The fraction of sp³-hybridized carbons (Fsp3) is 0.588. The lowest BCUT2D eigenvalue weighted by molar-refractivity contribution is -0.122. The third-order valence-electron chi connectivity index (χ3n) is 3.11. The van der Waals surface area contributed by atoms with Crippen LogP contribution in [-0.2, 0) is 11.2 Å². The molecule has 0 saturated carbocycles. The summed E-state index contributed by atoms with van der Waals surface area (Å²) in [5, 5.41) is 3.03. The van der Waals surface area contributed by atoms with Crippen molar-refractivity contribution in [3.8, 4) is 0 Å². The quantitative estimate of drug-likeness (QED) is 0.839. The standard InChI is InChI=1S/C17H28N2O/c1-13(10-14-8-6-5-7-9-14)19-16(20)11-15(18)12-17(2,3)4/h5-9,13,15H,10-12,18H2,1-4H3,(H,19,20). The summed E-state index contributed by atoms with van der Waals surface area (Å²) in [6.45, 7) is 8.45. The van der Waals surface area contributed by atoms with Gasteiger partial charge in [0.05, 0.1) is 0 Å². The second-order valence-corrected chi connectivity index (χ2v) is 6.89. The number of rotatable bonds is 6. The lowest BCUT2D eigenvalue weighted by atomic mass is 9.87. The van der Waals surface area contributed by atoms with Crippen molar-refractivity contribution in [2.75, 3.05) is 0 Å². The van der Waals surface area contributed by atoms with Gasteiger partial charge in [0.15, 0.2) is 0 Å². The molecule has 0 saturated heterocycles. The summed E-state index contributed by atoms with van der Waals surface area (Å²) in [6.07, 6.45) is 2.10. The average Bonchev–Trinajstić information content (AvgIpc) is 2.26. The number of hydrogen-bond acceptors (Lipinski definition) is 2. The molecule has 2 atom stereocenters. The van der Waals surface area contributed by atoms with E-state index in [4.69, 9.17) is 5.73 Å². The van der Waals surface area contributed by atoms with Crippen LogP contribution in [0.25, 0.3) is 0 Å². The second-order valence-electron chi connectivity index (χ2n) is 6.89. The molecule has 20 heavy (non-hydrogen) atoms. The van der Waals surface area contributed by atoms with E-state index < -0.39 is 0 Å². The highest BCUT2D eigenvalue weighted by atomic mass is 16.1. The van der Waals surface area contributed by atoms with Gasteiger partial charge in [0.2, 0.25) is 5.91 Å². The minimum Gasteiger partial charge on any atom is -0.353 e. The maximum Gasteiger partial charge on any atom is 0.221 e. The lowest BCUT2D eigenvalue weighted by Crippen LogP contribution is -2.38. The largest absolute Gasteiger partial charge is 0.353 e. The molecule has 0 aliphatic carbocycles. The van der Waals surface area contributed by atoms with Gasteiger partial charge in [-0.15, -0.1) is 0 Å². The Kier molecular flexibility index (Phi) is 6.21. The molecule has 0 aromatic heterocycles. The zero-order valence-electron chi connectivity index (χ0n) is 13.1. The summed E-state index contributed by atoms with van der Waals surface area (Å²) in [5.74, 6) is 0.0465. The van der Waals surface area contributed by atoms with E-state index in [-0.39, 0.29) is 23.4 Å². The molecule has 0 bridgehead atoms. The normalized spacial score (nSPS) is 14.7. The topological polar surface area (TPSA) is 55.1 Å². The molecule has 0 aliphatic heterocycles. The molecule has 0 fully saturated rings. The van der Waals surface area contributed by atoms with Gasteiger partial charge in [-0.05, 0) is 30.7 Å². The summed E-state index contributed by atoms with van der Waals surface area (Å²) in [6, 6.07) is 10.2. The Labute approximate surface area is 122 Å². The Hall–Kier alpha value is -1.35. The van der Waals surface area contributed by atoms with Gasteiger partial charge in [0, 0.05) is 18.5 Å². The molecule has 112 valence electrons. The van der Waals surface area contributed by atoms with Crippen LogP contribution in [0, 0.1) is 5.41 Å². The first-order chi connectivity index (χ1) is 9.26. The van der Waals surface area contributed by atoms with E-state index in [1.807, 2.05) is 25.1 Å². The van der Waals surface area contributed by atoms with Crippen molar-refractivity contribution in [3.05, 3.63) is 35.9 Å². The third kappa shape index (κ3) is 7.29. The van der Waals surface area contributed by atoms with Gasteiger partial charge >= 0.3 is 0 Å². The Morgan fingerprint density at radius 3 is 2.40 bits per heavy atom. The van der Waals surface area contributed by atoms with Crippen LogP contribution in [-0.4, -0.2) is 18.0 Å². The summed E-state index contributed by atoms with van der Waals surface area (Å²) in [4.78, 5) is 11.9. The molecule has 0 aliphatic rings. The van der Waals surface area contributed by atoms with Crippen LogP contribution in [0.3, 0.4) is 0 Å². The highest BCUT2D eigenvalue weighted by Gasteiger charge is 2.18. The van der Waals surface area contributed by atoms with Gasteiger partial charge in [-0.25, -0.2) is 0 Å². The second kappa shape index (κ2) is 7.44. The number of benzene rings is 1. The van der Waals surface area contributed by atoms with Crippen molar-refractivity contribution >= 4 is 5.91 Å². The van der Waals surface area contributed by atoms with Crippen LogP contribution in [0.5, 0.6) is 0 Å². The van der Waals surface area contributed by atoms with Gasteiger partial charge < -0.3 is 11.1 Å². The molecule has 3 heteroatoms. The maximum absolute atomic E-state index is 11.9. The Balaban J connectivity index is 2.35. The summed E-state index contributed by atoms with van der Waals surface area (Å²) >= 11 is 0. The number of carbonyl (C=O) groups excluding carboxylic acids is 1. The fourth-order valence-corrected chi connectivity index (χ4v) is 2.45. The highest BCUT2D eigenvalue weighted by Crippen LogP contribution is 2.20. The van der Waals surface area contributed by atoms with Crippen molar-refractivity contribution in [2.45, 2.75) is 59.0 Å². The highest BCUT2D eigenvalue weighted by molar-refractivity contribution is 5.76. The first-order valence-electron chi connectivity index (χ1n) is 7.35. The van der Waals surface area contributed by atoms with Gasteiger partial charge in [-0.2, -0.15) is 0 Å².